The van der Waals surface area contributed by atoms with E-state index >= 15 is 0 Å². The van der Waals surface area contributed by atoms with Crippen molar-refractivity contribution in [1.82, 2.24) is 10.6 Å². The standard InChI is InChI=1S/C15H23N3O2/c1-3-14(18-10-4-9-17-11(2)19)15(20)12-5-7-13(16)8-6-12/h5-8,14,18H,3-4,9-10,16H2,1-2H3,(H,17,19). The zero-order valence-electron chi connectivity index (χ0n) is 12.1. The lowest BCUT2D eigenvalue weighted by Crippen LogP contribution is -2.38. The Morgan fingerprint density at radius 1 is 1.20 bits per heavy atom. The van der Waals surface area contributed by atoms with Gasteiger partial charge in [-0.25, -0.2) is 0 Å². The zero-order chi connectivity index (χ0) is 15.0. The molecule has 4 N–H and O–H groups in total. The van der Waals surface area contributed by atoms with Crippen molar-refractivity contribution in [3.8, 4) is 0 Å². The fraction of sp³-hybridized carbons (Fsp3) is 0.467. The van der Waals surface area contributed by atoms with Crippen molar-refractivity contribution in [3.05, 3.63) is 29.8 Å². The molecule has 1 amide bonds. The normalized spacial score (nSPS) is 11.9. The minimum absolute atomic E-state index is 0.0324. The molecule has 1 aromatic rings. The lowest BCUT2D eigenvalue weighted by Gasteiger charge is -2.16. The van der Waals surface area contributed by atoms with E-state index in [-0.39, 0.29) is 17.7 Å². The van der Waals surface area contributed by atoms with E-state index in [0.29, 0.717) is 24.3 Å². The second-order valence-corrected chi connectivity index (χ2v) is 4.74. The number of hydrogen-bond acceptors (Lipinski definition) is 4. The van der Waals surface area contributed by atoms with Gasteiger partial charge in [0.1, 0.15) is 0 Å². The molecular formula is C15H23N3O2. The van der Waals surface area contributed by atoms with Gasteiger partial charge in [0.05, 0.1) is 6.04 Å². The molecule has 0 aromatic heterocycles. The molecule has 1 rings (SSSR count). The average molecular weight is 277 g/mol. The highest BCUT2D eigenvalue weighted by Crippen LogP contribution is 2.09. The molecule has 0 saturated heterocycles. The lowest BCUT2D eigenvalue weighted by atomic mass is 10.0. The average Bonchev–Trinajstić information content (AvgIpc) is 2.42. The number of Topliss-reactive ketones (excluding diaryl/α,β-unsaturated/α-hetero) is 1. The quantitative estimate of drug-likeness (QED) is 0.380. The van der Waals surface area contributed by atoms with E-state index in [1.807, 2.05) is 6.92 Å². The van der Waals surface area contributed by atoms with Crippen molar-refractivity contribution in [2.75, 3.05) is 18.8 Å². The molecule has 5 nitrogen and oxygen atoms in total. The SMILES string of the molecule is CCC(NCCCNC(C)=O)C(=O)c1ccc(N)cc1. The Morgan fingerprint density at radius 3 is 2.40 bits per heavy atom. The largest absolute Gasteiger partial charge is 0.399 e. The number of anilines is 1. The Morgan fingerprint density at radius 2 is 1.85 bits per heavy atom. The number of nitrogens with two attached hydrogens (primary N) is 1. The van der Waals surface area contributed by atoms with E-state index in [1.165, 1.54) is 6.92 Å². The van der Waals surface area contributed by atoms with Crippen LogP contribution in [-0.2, 0) is 4.79 Å². The monoisotopic (exact) mass is 277 g/mol. The number of nitrogens with one attached hydrogen (secondary N) is 2. The summed E-state index contributed by atoms with van der Waals surface area (Å²) in [4.78, 5) is 23.0. The Labute approximate surface area is 119 Å². The van der Waals surface area contributed by atoms with Gasteiger partial charge in [-0.2, -0.15) is 0 Å². The van der Waals surface area contributed by atoms with Gasteiger partial charge in [-0.1, -0.05) is 6.92 Å². The van der Waals surface area contributed by atoms with Crippen LogP contribution in [0.5, 0.6) is 0 Å². The number of ketones is 1. The fourth-order valence-corrected chi connectivity index (χ4v) is 1.90. The van der Waals surface area contributed by atoms with Crippen molar-refractivity contribution in [1.29, 1.82) is 0 Å². The predicted octanol–water partition coefficient (Wildman–Crippen LogP) is 1.35. The van der Waals surface area contributed by atoms with Crippen LogP contribution in [0.25, 0.3) is 0 Å². The summed E-state index contributed by atoms with van der Waals surface area (Å²) < 4.78 is 0. The first-order valence-electron chi connectivity index (χ1n) is 6.92. The number of carbonyl (C=O) groups excluding carboxylic acids is 2. The molecule has 0 aliphatic rings. The first-order valence-corrected chi connectivity index (χ1v) is 6.92. The number of carbonyl (C=O) groups is 2. The first kappa shape index (κ1) is 16.2. The fourth-order valence-electron chi connectivity index (χ4n) is 1.90. The van der Waals surface area contributed by atoms with Crippen LogP contribution >= 0.6 is 0 Å². The zero-order valence-corrected chi connectivity index (χ0v) is 12.1. The lowest BCUT2D eigenvalue weighted by molar-refractivity contribution is -0.118. The van der Waals surface area contributed by atoms with Gasteiger partial charge >= 0.3 is 0 Å². The molecule has 0 aliphatic carbocycles. The molecule has 0 radical (unpaired) electrons. The molecule has 0 saturated carbocycles. The summed E-state index contributed by atoms with van der Waals surface area (Å²) in [5, 5.41) is 5.95. The van der Waals surface area contributed by atoms with E-state index in [2.05, 4.69) is 10.6 Å². The number of rotatable bonds is 8. The topological polar surface area (TPSA) is 84.2 Å². The molecular weight excluding hydrogens is 254 g/mol. The third-order valence-corrected chi connectivity index (χ3v) is 3.04. The maximum Gasteiger partial charge on any atom is 0.216 e. The summed E-state index contributed by atoms with van der Waals surface area (Å²) in [6, 6.07) is 6.77. The van der Waals surface area contributed by atoms with Crippen LogP contribution in [0.3, 0.4) is 0 Å². The Hall–Kier alpha value is -1.88. The minimum Gasteiger partial charge on any atom is -0.399 e. The number of hydrogen-bond donors (Lipinski definition) is 3. The van der Waals surface area contributed by atoms with Crippen molar-refractivity contribution >= 4 is 17.4 Å². The van der Waals surface area contributed by atoms with Crippen LogP contribution in [-0.4, -0.2) is 30.8 Å². The Kier molecular flexibility index (Phi) is 6.73. The maximum atomic E-state index is 12.3. The van der Waals surface area contributed by atoms with Gasteiger partial charge in [0, 0.05) is 24.7 Å². The van der Waals surface area contributed by atoms with E-state index in [9.17, 15) is 9.59 Å². The van der Waals surface area contributed by atoms with E-state index in [0.717, 1.165) is 12.8 Å². The van der Waals surface area contributed by atoms with Gasteiger partial charge in [0.15, 0.2) is 5.78 Å². The molecule has 0 spiro atoms. The molecule has 0 heterocycles. The van der Waals surface area contributed by atoms with Crippen molar-refractivity contribution < 1.29 is 9.59 Å². The smallest absolute Gasteiger partial charge is 0.216 e. The van der Waals surface area contributed by atoms with E-state index in [4.69, 9.17) is 5.73 Å². The summed E-state index contributed by atoms with van der Waals surface area (Å²) in [5.41, 5.74) is 6.93. The Balaban J connectivity index is 2.43. The van der Waals surface area contributed by atoms with Gasteiger partial charge < -0.3 is 16.4 Å². The van der Waals surface area contributed by atoms with Gasteiger partial charge in [0.25, 0.3) is 0 Å². The number of nitrogen functional groups attached to an aromatic ring is 1. The van der Waals surface area contributed by atoms with Crippen LogP contribution in [0, 0.1) is 0 Å². The predicted molar refractivity (Wildman–Crippen MR) is 80.6 cm³/mol. The van der Waals surface area contributed by atoms with Gasteiger partial charge in [0.2, 0.25) is 5.91 Å². The maximum absolute atomic E-state index is 12.3. The Bertz CT molecular complexity index is 443. The summed E-state index contributed by atoms with van der Waals surface area (Å²) in [5.74, 6) is 0.0435. The number of amides is 1. The third kappa shape index (κ3) is 5.40. The highest BCUT2D eigenvalue weighted by molar-refractivity contribution is 6.00. The third-order valence-electron chi connectivity index (χ3n) is 3.04. The van der Waals surface area contributed by atoms with E-state index in [1.54, 1.807) is 24.3 Å². The second-order valence-electron chi connectivity index (χ2n) is 4.74. The van der Waals surface area contributed by atoms with Crippen molar-refractivity contribution in [2.45, 2.75) is 32.7 Å². The first-order chi connectivity index (χ1) is 9.54. The molecule has 5 heteroatoms. The van der Waals surface area contributed by atoms with Crippen molar-refractivity contribution in [3.63, 3.8) is 0 Å². The summed E-state index contributed by atoms with van der Waals surface area (Å²) >= 11 is 0. The van der Waals surface area contributed by atoms with Gasteiger partial charge in [-0.05, 0) is 43.7 Å². The van der Waals surface area contributed by atoms with Crippen LogP contribution < -0.4 is 16.4 Å². The van der Waals surface area contributed by atoms with Gasteiger partial charge in [-0.3, -0.25) is 9.59 Å². The molecule has 0 fully saturated rings. The number of benzene rings is 1. The molecule has 0 bridgehead atoms. The van der Waals surface area contributed by atoms with E-state index < -0.39 is 0 Å². The van der Waals surface area contributed by atoms with Gasteiger partial charge in [-0.15, -0.1) is 0 Å². The summed E-state index contributed by atoms with van der Waals surface area (Å²) in [6.07, 6.45) is 1.52. The molecule has 1 aromatic carbocycles. The molecule has 1 atom stereocenters. The summed E-state index contributed by atoms with van der Waals surface area (Å²) in [7, 11) is 0. The van der Waals surface area contributed by atoms with Crippen molar-refractivity contribution in [2.24, 2.45) is 0 Å². The highest BCUT2D eigenvalue weighted by Gasteiger charge is 2.17. The summed E-state index contributed by atoms with van der Waals surface area (Å²) in [6.45, 7) is 4.78. The molecule has 20 heavy (non-hydrogen) atoms. The van der Waals surface area contributed by atoms with Crippen LogP contribution in [0.1, 0.15) is 37.0 Å². The molecule has 110 valence electrons. The molecule has 1 unspecified atom stereocenters. The second kappa shape index (κ2) is 8.32. The van der Waals surface area contributed by atoms with Crippen LogP contribution in [0.15, 0.2) is 24.3 Å². The molecule has 0 aliphatic heterocycles. The highest BCUT2D eigenvalue weighted by atomic mass is 16.1. The minimum atomic E-state index is -0.198. The van der Waals surface area contributed by atoms with Crippen LogP contribution in [0.4, 0.5) is 5.69 Å². The van der Waals surface area contributed by atoms with Crippen LogP contribution in [0.2, 0.25) is 0 Å².